The Morgan fingerprint density at radius 3 is 2.83 bits per heavy atom. The number of hydrogen-bond donors (Lipinski definition) is 1. The zero-order valence-electron chi connectivity index (χ0n) is 16.4. The summed E-state index contributed by atoms with van der Waals surface area (Å²) >= 11 is 0. The fourth-order valence-electron chi connectivity index (χ4n) is 4.05. The molecule has 2 aromatic carbocycles. The van der Waals surface area contributed by atoms with Gasteiger partial charge in [0, 0.05) is 48.5 Å². The van der Waals surface area contributed by atoms with E-state index in [-0.39, 0.29) is 5.56 Å². The summed E-state index contributed by atoms with van der Waals surface area (Å²) in [5.41, 5.74) is 5.09. The minimum Gasteiger partial charge on any atom is -0.306 e. The Morgan fingerprint density at radius 2 is 1.97 bits per heavy atom. The predicted octanol–water partition coefficient (Wildman–Crippen LogP) is 3.85. The van der Waals surface area contributed by atoms with Crippen LogP contribution in [0.1, 0.15) is 22.4 Å². The van der Waals surface area contributed by atoms with Crippen molar-refractivity contribution >= 4 is 10.8 Å². The molecule has 0 amide bonds. The van der Waals surface area contributed by atoms with Crippen LogP contribution in [0.15, 0.2) is 65.7 Å². The number of aromatic nitrogens is 3. The summed E-state index contributed by atoms with van der Waals surface area (Å²) in [6.45, 7) is 4.41. The SMILES string of the molecule is Cc1ccc(-c2nc3c(c(=O)[nH]2)CCN(Cc2cccc4cnccc24)C3)cc1. The van der Waals surface area contributed by atoms with Crippen LogP contribution in [0.25, 0.3) is 22.2 Å². The molecular formula is C24H22N4O. The van der Waals surface area contributed by atoms with Gasteiger partial charge in [0.05, 0.1) is 5.69 Å². The van der Waals surface area contributed by atoms with Crippen LogP contribution in [0.2, 0.25) is 0 Å². The third-order valence-corrected chi connectivity index (χ3v) is 5.64. The summed E-state index contributed by atoms with van der Waals surface area (Å²) in [7, 11) is 0. The smallest absolute Gasteiger partial charge is 0.254 e. The van der Waals surface area contributed by atoms with Crippen LogP contribution in [0, 0.1) is 6.92 Å². The van der Waals surface area contributed by atoms with Gasteiger partial charge in [-0.25, -0.2) is 4.98 Å². The number of aryl methyl sites for hydroxylation is 1. The second kappa shape index (κ2) is 7.26. The number of benzene rings is 2. The molecule has 29 heavy (non-hydrogen) atoms. The first kappa shape index (κ1) is 17.8. The Labute approximate surface area is 169 Å². The van der Waals surface area contributed by atoms with Gasteiger partial charge in [-0.15, -0.1) is 0 Å². The normalized spacial score (nSPS) is 14.1. The Morgan fingerprint density at radius 1 is 1.10 bits per heavy atom. The lowest BCUT2D eigenvalue weighted by Gasteiger charge is -2.28. The van der Waals surface area contributed by atoms with Gasteiger partial charge in [-0.2, -0.15) is 0 Å². The molecule has 5 rings (SSSR count). The van der Waals surface area contributed by atoms with Crippen molar-refractivity contribution in [3.63, 3.8) is 0 Å². The maximum Gasteiger partial charge on any atom is 0.254 e. The van der Waals surface area contributed by atoms with Crippen molar-refractivity contribution in [2.75, 3.05) is 6.54 Å². The van der Waals surface area contributed by atoms with E-state index in [0.717, 1.165) is 41.7 Å². The van der Waals surface area contributed by atoms with Crippen LogP contribution in [0.5, 0.6) is 0 Å². The Kier molecular flexibility index (Phi) is 4.45. The number of nitrogens with zero attached hydrogens (tertiary/aromatic N) is 3. The first-order valence-electron chi connectivity index (χ1n) is 9.90. The molecule has 0 atom stereocenters. The van der Waals surface area contributed by atoms with Crippen LogP contribution in [-0.2, 0) is 19.5 Å². The van der Waals surface area contributed by atoms with E-state index >= 15 is 0 Å². The minimum atomic E-state index is -0.0125. The first-order valence-corrected chi connectivity index (χ1v) is 9.90. The van der Waals surface area contributed by atoms with Crippen molar-refractivity contribution in [2.24, 2.45) is 0 Å². The van der Waals surface area contributed by atoms with E-state index in [2.05, 4.69) is 39.1 Å². The standard InChI is InChI=1S/C24H22N4O/c1-16-5-7-17(8-6-16)23-26-22-15-28(12-10-21(22)24(29)27-23)14-19-4-2-3-18-13-25-11-9-20(18)19/h2-9,11,13H,10,12,14-15H2,1H3,(H,26,27,29). The topological polar surface area (TPSA) is 61.9 Å². The molecule has 144 valence electrons. The van der Waals surface area contributed by atoms with E-state index in [1.807, 2.05) is 43.6 Å². The van der Waals surface area contributed by atoms with Gasteiger partial charge in [-0.05, 0) is 30.4 Å². The molecule has 3 heterocycles. The summed E-state index contributed by atoms with van der Waals surface area (Å²) in [6, 6.07) is 16.5. The third kappa shape index (κ3) is 3.45. The van der Waals surface area contributed by atoms with Crippen molar-refractivity contribution in [3.8, 4) is 11.4 Å². The Hall–Kier alpha value is -3.31. The number of H-pyrrole nitrogens is 1. The molecule has 0 fully saturated rings. The molecule has 0 unspecified atom stereocenters. The van der Waals surface area contributed by atoms with Crippen LogP contribution in [0.4, 0.5) is 0 Å². The molecule has 1 aliphatic rings. The molecular weight excluding hydrogens is 360 g/mol. The van der Waals surface area contributed by atoms with Crippen LogP contribution >= 0.6 is 0 Å². The van der Waals surface area contributed by atoms with Crippen molar-refractivity contribution in [2.45, 2.75) is 26.4 Å². The van der Waals surface area contributed by atoms with Crippen molar-refractivity contribution < 1.29 is 0 Å². The second-order valence-electron chi connectivity index (χ2n) is 7.68. The zero-order valence-corrected chi connectivity index (χ0v) is 16.4. The minimum absolute atomic E-state index is 0.0125. The highest BCUT2D eigenvalue weighted by atomic mass is 16.1. The lowest BCUT2D eigenvalue weighted by Crippen LogP contribution is -2.35. The lowest BCUT2D eigenvalue weighted by atomic mass is 10.0. The lowest BCUT2D eigenvalue weighted by molar-refractivity contribution is 0.241. The van der Waals surface area contributed by atoms with Crippen molar-refractivity contribution in [1.29, 1.82) is 0 Å². The molecule has 2 aromatic heterocycles. The Bertz CT molecular complexity index is 1240. The van der Waals surface area contributed by atoms with E-state index in [4.69, 9.17) is 4.98 Å². The maximum atomic E-state index is 12.6. The second-order valence-corrected chi connectivity index (χ2v) is 7.68. The average molecular weight is 382 g/mol. The average Bonchev–Trinajstić information content (AvgIpc) is 2.74. The molecule has 5 heteroatoms. The highest BCUT2D eigenvalue weighted by Gasteiger charge is 2.22. The van der Waals surface area contributed by atoms with E-state index < -0.39 is 0 Å². The van der Waals surface area contributed by atoms with Gasteiger partial charge in [-0.3, -0.25) is 14.7 Å². The molecule has 0 saturated heterocycles. The van der Waals surface area contributed by atoms with E-state index in [0.29, 0.717) is 12.4 Å². The summed E-state index contributed by atoms with van der Waals surface area (Å²) in [6.07, 6.45) is 4.46. The molecule has 5 nitrogen and oxygen atoms in total. The van der Waals surface area contributed by atoms with Gasteiger partial charge in [0.2, 0.25) is 0 Å². The summed E-state index contributed by atoms with van der Waals surface area (Å²) < 4.78 is 0. The summed E-state index contributed by atoms with van der Waals surface area (Å²) in [4.78, 5) is 27.0. The van der Waals surface area contributed by atoms with E-state index in [1.165, 1.54) is 16.5 Å². The van der Waals surface area contributed by atoms with Crippen molar-refractivity contribution in [3.05, 3.63) is 93.7 Å². The monoisotopic (exact) mass is 382 g/mol. The highest BCUT2D eigenvalue weighted by Crippen LogP contribution is 2.23. The van der Waals surface area contributed by atoms with Gasteiger partial charge in [0.15, 0.2) is 0 Å². The number of rotatable bonds is 3. The van der Waals surface area contributed by atoms with Gasteiger partial charge in [0.25, 0.3) is 5.56 Å². The Balaban J connectivity index is 1.45. The number of hydrogen-bond acceptors (Lipinski definition) is 4. The van der Waals surface area contributed by atoms with E-state index in [1.54, 1.807) is 0 Å². The molecule has 0 aliphatic carbocycles. The van der Waals surface area contributed by atoms with Crippen LogP contribution in [0.3, 0.4) is 0 Å². The van der Waals surface area contributed by atoms with E-state index in [9.17, 15) is 4.79 Å². The first-order chi connectivity index (χ1) is 14.2. The van der Waals surface area contributed by atoms with Crippen LogP contribution in [-0.4, -0.2) is 26.4 Å². The molecule has 0 bridgehead atoms. The molecule has 0 spiro atoms. The number of aromatic amines is 1. The van der Waals surface area contributed by atoms with Crippen LogP contribution < -0.4 is 5.56 Å². The number of fused-ring (bicyclic) bond motifs is 2. The van der Waals surface area contributed by atoms with Gasteiger partial charge >= 0.3 is 0 Å². The molecule has 1 N–H and O–H groups in total. The van der Waals surface area contributed by atoms with Crippen molar-refractivity contribution in [1.82, 2.24) is 19.9 Å². The van der Waals surface area contributed by atoms with Gasteiger partial charge < -0.3 is 4.98 Å². The molecule has 0 radical (unpaired) electrons. The zero-order chi connectivity index (χ0) is 19.8. The largest absolute Gasteiger partial charge is 0.306 e. The number of nitrogens with one attached hydrogen (secondary N) is 1. The quantitative estimate of drug-likeness (QED) is 0.585. The molecule has 0 saturated carbocycles. The predicted molar refractivity (Wildman–Crippen MR) is 115 cm³/mol. The molecule has 1 aliphatic heterocycles. The third-order valence-electron chi connectivity index (χ3n) is 5.64. The summed E-state index contributed by atoms with van der Waals surface area (Å²) in [5, 5.41) is 2.38. The van der Waals surface area contributed by atoms with Gasteiger partial charge in [0.1, 0.15) is 5.82 Å². The fourth-order valence-corrected chi connectivity index (χ4v) is 4.05. The highest BCUT2D eigenvalue weighted by molar-refractivity contribution is 5.84. The fraction of sp³-hybridized carbons (Fsp3) is 0.208. The molecule has 4 aromatic rings. The van der Waals surface area contributed by atoms with Gasteiger partial charge in [-0.1, -0.05) is 48.0 Å². The maximum absolute atomic E-state index is 12.6. The summed E-state index contributed by atoms with van der Waals surface area (Å²) in [5.74, 6) is 0.645. The number of pyridine rings is 1.